The van der Waals surface area contributed by atoms with Gasteiger partial charge in [-0.2, -0.15) is 0 Å². The largest absolute Gasteiger partial charge is 0.380 e. The van der Waals surface area contributed by atoms with E-state index in [9.17, 15) is 4.79 Å². The van der Waals surface area contributed by atoms with Crippen molar-refractivity contribution in [3.8, 4) is 0 Å². The number of hydrogen-bond acceptors (Lipinski definition) is 3. The van der Waals surface area contributed by atoms with E-state index >= 15 is 0 Å². The Morgan fingerprint density at radius 3 is 2.90 bits per heavy atom. The van der Waals surface area contributed by atoms with Crippen molar-refractivity contribution >= 4 is 18.3 Å². The van der Waals surface area contributed by atoms with E-state index in [2.05, 4.69) is 19.2 Å². The average molecular weight is 299 g/mol. The second-order valence-electron chi connectivity index (χ2n) is 5.12. The number of nitrogens with zero attached hydrogens (tertiary/aromatic N) is 1. The quantitative estimate of drug-likeness (QED) is 0.929. The highest BCUT2D eigenvalue weighted by Gasteiger charge is 2.28. The van der Waals surface area contributed by atoms with E-state index in [1.165, 1.54) is 0 Å². The molecular formula is C15H23ClN2O2. The number of carbonyl (C=O) groups excluding carboxylic acids is 1. The number of carbonyl (C=O) groups is 1. The Kier molecular flexibility index (Phi) is 6.46. The minimum atomic E-state index is 0. The molecule has 0 aromatic heterocycles. The monoisotopic (exact) mass is 298 g/mol. The molecule has 0 spiro atoms. The minimum absolute atomic E-state index is 0. The molecule has 1 saturated heterocycles. The maximum atomic E-state index is 12.6. The van der Waals surface area contributed by atoms with Gasteiger partial charge in [0, 0.05) is 37.8 Å². The first-order valence-electron chi connectivity index (χ1n) is 6.75. The van der Waals surface area contributed by atoms with Gasteiger partial charge in [0.15, 0.2) is 0 Å². The van der Waals surface area contributed by atoms with Crippen molar-refractivity contribution in [3.05, 3.63) is 35.4 Å². The van der Waals surface area contributed by atoms with Gasteiger partial charge in [-0.1, -0.05) is 12.1 Å². The Balaban J connectivity index is 0.00000200. The lowest BCUT2D eigenvalue weighted by molar-refractivity contribution is 0.0602. The van der Waals surface area contributed by atoms with Crippen LogP contribution >= 0.6 is 12.4 Å². The third-order valence-electron chi connectivity index (χ3n) is 3.78. The Bertz CT molecular complexity index is 453. The van der Waals surface area contributed by atoms with Crippen LogP contribution in [0, 0.1) is 0 Å². The topological polar surface area (TPSA) is 41.6 Å². The molecule has 2 atom stereocenters. The highest BCUT2D eigenvalue weighted by molar-refractivity contribution is 5.94. The zero-order valence-electron chi connectivity index (χ0n) is 12.3. The van der Waals surface area contributed by atoms with Crippen molar-refractivity contribution < 1.29 is 9.53 Å². The van der Waals surface area contributed by atoms with Crippen molar-refractivity contribution in [1.82, 2.24) is 10.2 Å². The number of ether oxygens (including phenoxy) is 1. The van der Waals surface area contributed by atoms with Gasteiger partial charge in [-0.25, -0.2) is 0 Å². The number of amides is 1. The van der Waals surface area contributed by atoms with Crippen LogP contribution in [-0.4, -0.2) is 43.1 Å². The van der Waals surface area contributed by atoms with E-state index in [4.69, 9.17) is 4.74 Å². The molecule has 4 nitrogen and oxygen atoms in total. The third kappa shape index (κ3) is 3.72. The number of methoxy groups -OCH3 is 1. The fourth-order valence-corrected chi connectivity index (χ4v) is 2.47. The lowest BCUT2D eigenvalue weighted by Gasteiger charge is -2.38. The van der Waals surface area contributed by atoms with Crippen molar-refractivity contribution in [3.63, 3.8) is 0 Å². The molecule has 0 aliphatic carbocycles. The van der Waals surface area contributed by atoms with E-state index in [1.54, 1.807) is 7.11 Å². The first kappa shape index (κ1) is 17.0. The first-order valence-corrected chi connectivity index (χ1v) is 6.75. The standard InChI is InChI=1S/C15H22N2O2.ClH/c1-11-12(2)17(8-7-16-11)15(18)14-6-4-5-13(9-14)10-19-3;/h4-6,9,11-12,16H,7-8,10H2,1-3H3;1H. The molecule has 2 rings (SSSR count). The number of hydrogen-bond donors (Lipinski definition) is 1. The average Bonchev–Trinajstić information content (AvgIpc) is 2.42. The molecule has 1 amide bonds. The van der Waals surface area contributed by atoms with Gasteiger partial charge in [-0.15, -0.1) is 12.4 Å². The molecule has 1 aromatic rings. The van der Waals surface area contributed by atoms with Crippen molar-refractivity contribution in [2.45, 2.75) is 32.5 Å². The van der Waals surface area contributed by atoms with Crippen LogP contribution in [0.4, 0.5) is 0 Å². The van der Waals surface area contributed by atoms with Crippen LogP contribution in [0.5, 0.6) is 0 Å². The van der Waals surface area contributed by atoms with Gasteiger partial charge < -0.3 is 15.0 Å². The van der Waals surface area contributed by atoms with Crippen LogP contribution < -0.4 is 5.32 Å². The van der Waals surface area contributed by atoms with Crippen LogP contribution in [0.3, 0.4) is 0 Å². The van der Waals surface area contributed by atoms with E-state index < -0.39 is 0 Å². The number of benzene rings is 1. The van der Waals surface area contributed by atoms with Crippen LogP contribution in [0.15, 0.2) is 24.3 Å². The zero-order chi connectivity index (χ0) is 13.8. The normalized spacial score (nSPS) is 22.2. The van der Waals surface area contributed by atoms with Crippen molar-refractivity contribution in [2.24, 2.45) is 0 Å². The summed E-state index contributed by atoms with van der Waals surface area (Å²) in [5.74, 6) is 0.110. The van der Waals surface area contributed by atoms with E-state index in [1.807, 2.05) is 29.2 Å². The van der Waals surface area contributed by atoms with Crippen LogP contribution in [0.1, 0.15) is 29.8 Å². The third-order valence-corrected chi connectivity index (χ3v) is 3.78. The van der Waals surface area contributed by atoms with Gasteiger partial charge in [0.25, 0.3) is 5.91 Å². The van der Waals surface area contributed by atoms with Crippen LogP contribution in [0.2, 0.25) is 0 Å². The molecule has 1 aromatic carbocycles. The second-order valence-corrected chi connectivity index (χ2v) is 5.12. The Morgan fingerprint density at radius 1 is 1.45 bits per heavy atom. The SMILES string of the molecule is COCc1cccc(C(=O)N2CCNC(C)C2C)c1.Cl. The highest BCUT2D eigenvalue weighted by Crippen LogP contribution is 2.15. The number of piperazine rings is 1. The zero-order valence-corrected chi connectivity index (χ0v) is 13.1. The predicted molar refractivity (Wildman–Crippen MR) is 82.4 cm³/mol. The molecule has 1 heterocycles. The number of halogens is 1. The highest BCUT2D eigenvalue weighted by atomic mass is 35.5. The molecule has 0 saturated carbocycles. The fraction of sp³-hybridized carbons (Fsp3) is 0.533. The lowest BCUT2D eigenvalue weighted by atomic mass is 10.0. The molecule has 2 unspecified atom stereocenters. The minimum Gasteiger partial charge on any atom is -0.380 e. The smallest absolute Gasteiger partial charge is 0.254 e. The number of rotatable bonds is 3. The molecule has 1 aliphatic rings. The number of nitrogens with one attached hydrogen (secondary N) is 1. The summed E-state index contributed by atoms with van der Waals surface area (Å²) in [6, 6.07) is 8.24. The first-order chi connectivity index (χ1) is 9.13. The predicted octanol–water partition coefficient (Wildman–Crippen LogP) is 2.08. The summed E-state index contributed by atoms with van der Waals surface area (Å²) < 4.78 is 5.11. The maximum absolute atomic E-state index is 12.6. The van der Waals surface area contributed by atoms with E-state index in [-0.39, 0.29) is 24.4 Å². The van der Waals surface area contributed by atoms with E-state index in [0.29, 0.717) is 12.6 Å². The molecular weight excluding hydrogens is 276 g/mol. The second kappa shape index (κ2) is 7.62. The Hall–Kier alpha value is -1.10. The van der Waals surface area contributed by atoms with Crippen molar-refractivity contribution in [2.75, 3.05) is 20.2 Å². The molecule has 5 heteroatoms. The van der Waals surface area contributed by atoms with E-state index in [0.717, 1.165) is 24.2 Å². The summed E-state index contributed by atoms with van der Waals surface area (Å²) in [7, 11) is 1.66. The lowest BCUT2D eigenvalue weighted by Crippen LogP contribution is -2.57. The van der Waals surface area contributed by atoms with Gasteiger partial charge in [0.1, 0.15) is 0 Å². The summed E-state index contributed by atoms with van der Waals surface area (Å²) in [4.78, 5) is 14.5. The van der Waals surface area contributed by atoms with Crippen LogP contribution in [-0.2, 0) is 11.3 Å². The van der Waals surface area contributed by atoms with Gasteiger partial charge in [0.05, 0.1) is 6.61 Å². The summed E-state index contributed by atoms with van der Waals surface area (Å²) >= 11 is 0. The molecule has 0 radical (unpaired) electrons. The molecule has 1 aliphatic heterocycles. The summed E-state index contributed by atoms with van der Waals surface area (Å²) in [5.41, 5.74) is 1.78. The molecule has 112 valence electrons. The molecule has 20 heavy (non-hydrogen) atoms. The molecule has 1 fully saturated rings. The van der Waals surface area contributed by atoms with Gasteiger partial charge >= 0.3 is 0 Å². The van der Waals surface area contributed by atoms with Gasteiger partial charge in [0.2, 0.25) is 0 Å². The van der Waals surface area contributed by atoms with Gasteiger partial charge in [-0.05, 0) is 31.5 Å². The maximum Gasteiger partial charge on any atom is 0.254 e. The van der Waals surface area contributed by atoms with Crippen LogP contribution in [0.25, 0.3) is 0 Å². The summed E-state index contributed by atoms with van der Waals surface area (Å²) in [6.07, 6.45) is 0. The molecule has 1 N–H and O–H groups in total. The summed E-state index contributed by atoms with van der Waals surface area (Å²) in [6.45, 7) is 6.36. The fourth-order valence-electron chi connectivity index (χ4n) is 2.47. The Labute approximate surface area is 126 Å². The summed E-state index contributed by atoms with van der Waals surface area (Å²) in [5, 5.41) is 3.39. The molecule has 0 bridgehead atoms. The Morgan fingerprint density at radius 2 is 2.20 bits per heavy atom. The van der Waals surface area contributed by atoms with Gasteiger partial charge in [-0.3, -0.25) is 4.79 Å². The van der Waals surface area contributed by atoms with Crippen molar-refractivity contribution in [1.29, 1.82) is 0 Å².